The summed E-state index contributed by atoms with van der Waals surface area (Å²) in [6, 6.07) is 3.83. The van der Waals surface area contributed by atoms with Gasteiger partial charge in [0.05, 0.1) is 4.90 Å². The summed E-state index contributed by atoms with van der Waals surface area (Å²) in [5, 5.41) is 5.68. The van der Waals surface area contributed by atoms with Crippen molar-refractivity contribution in [3.05, 3.63) is 38.7 Å². The Balaban J connectivity index is 1.89. The molecule has 2 aromatic heterocycles. The lowest BCUT2D eigenvalue weighted by atomic mass is 10.3. The van der Waals surface area contributed by atoms with E-state index in [0.29, 0.717) is 18.0 Å². The highest BCUT2D eigenvalue weighted by atomic mass is 32.2. The molecule has 2 heterocycles. The van der Waals surface area contributed by atoms with Crippen LogP contribution < -0.4 is 5.73 Å². The van der Waals surface area contributed by atoms with Crippen LogP contribution in [-0.2, 0) is 23.1 Å². The van der Waals surface area contributed by atoms with E-state index in [2.05, 4.69) is 0 Å². The molecule has 4 nitrogen and oxygen atoms in total. The third-order valence-electron chi connectivity index (χ3n) is 3.31. The van der Waals surface area contributed by atoms with Crippen LogP contribution in [0.3, 0.4) is 0 Å². The van der Waals surface area contributed by atoms with Gasteiger partial charge in [0, 0.05) is 29.4 Å². The molecule has 0 unspecified atom stereocenters. The SMILES string of the molecule is NCc1cc(S(=O)(=O)N(Cc2ccsc2)C2CC2)cs1. The molecule has 20 heavy (non-hydrogen) atoms. The molecule has 0 saturated heterocycles. The molecule has 0 aliphatic heterocycles. The van der Waals surface area contributed by atoms with Crippen molar-refractivity contribution in [1.82, 2.24) is 4.31 Å². The summed E-state index contributed by atoms with van der Waals surface area (Å²) in [6.45, 7) is 0.846. The van der Waals surface area contributed by atoms with Gasteiger partial charge in [-0.15, -0.1) is 11.3 Å². The summed E-state index contributed by atoms with van der Waals surface area (Å²) in [6.07, 6.45) is 1.91. The highest BCUT2D eigenvalue weighted by molar-refractivity contribution is 7.89. The van der Waals surface area contributed by atoms with Gasteiger partial charge in [0.2, 0.25) is 10.0 Å². The van der Waals surface area contributed by atoms with E-state index in [9.17, 15) is 8.42 Å². The number of nitrogens with two attached hydrogens (primary N) is 1. The summed E-state index contributed by atoms with van der Waals surface area (Å²) in [4.78, 5) is 1.28. The van der Waals surface area contributed by atoms with Crippen LogP contribution in [0.15, 0.2) is 33.2 Å². The minimum Gasteiger partial charge on any atom is -0.326 e. The molecule has 1 saturated carbocycles. The fourth-order valence-electron chi connectivity index (χ4n) is 2.07. The van der Waals surface area contributed by atoms with Gasteiger partial charge in [-0.05, 0) is 41.3 Å². The van der Waals surface area contributed by atoms with Gasteiger partial charge in [0.15, 0.2) is 0 Å². The van der Waals surface area contributed by atoms with Crippen molar-refractivity contribution in [3.63, 3.8) is 0 Å². The molecule has 1 aliphatic rings. The fourth-order valence-corrected chi connectivity index (χ4v) is 5.55. The maximum Gasteiger partial charge on any atom is 0.244 e. The Labute approximate surface area is 126 Å². The first kappa shape index (κ1) is 14.2. The molecule has 0 spiro atoms. The van der Waals surface area contributed by atoms with E-state index in [4.69, 9.17) is 5.73 Å². The minimum atomic E-state index is -3.41. The number of rotatable bonds is 6. The number of hydrogen-bond donors (Lipinski definition) is 1. The molecule has 1 aliphatic carbocycles. The van der Waals surface area contributed by atoms with Gasteiger partial charge in [0.1, 0.15) is 0 Å². The van der Waals surface area contributed by atoms with Gasteiger partial charge in [-0.3, -0.25) is 0 Å². The molecule has 108 valence electrons. The molecule has 3 rings (SSSR count). The topological polar surface area (TPSA) is 63.4 Å². The Morgan fingerprint density at radius 1 is 1.35 bits per heavy atom. The van der Waals surface area contributed by atoms with Gasteiger partial charge < -0.3 is 5.73 Å². The predicted octanol–water partition coefficient (Wildman–Crippen LogP) is 2.62. The third kappa shape index (κ3) is 2.82. The van der Waals surface area contributed by atoms with Gasteiger partial charge in [-0.2, -0.15) is 15.6 Å². The number of sulfonamides is 1. The van der Waals surface area contributed by atoms with Crippen molar-refractivity contribution >= 4 is 32.7 Å². The predicted molar refractivity (Wildman–Crippen MR) is 82.3 cm³/mol. The number of nitrogens with zero attached hydrogens (tertiary/aromatic N) is 1. The highest BCUT2D eigenvalue weighted by Gasteiger charge is 2.38. The minimum absolute atomic E-state index is 0.154. The number of thiophene rings is 2. The van der Waals surface area contributed by atoms with Crippen LogP contribution in [0.25, 0.3) is 0 Å². The maximum absolute atomic E-state index is 12.8. The largest absolute Gasteiger partial charge is 0.326 e. The summed E-state index contributed by atoms with van der Waals surface area (Å²) in [5.74, 6) is 0. The summed E-state index contributed by atoms with van der Waals surface area (Å²) in [7, 11) is -3.41. The molecular formula is C13H16N2O2S3. The molecule has 2 N–H and O–H groups in total. The van der Waals surface area contributed by atoms with Crippen molar-refractivity contribution in [2.45, 2.75) is 36.9 Å². The van der Waals surface area contributed by atoms with Crippen molar-refractivity contribution in [3.8, 4) is 0 Å². The van der Waals surface area contributed by atoms with Gasteiger partial charge in [-0.25, -0.2) is 8.42 Å². The first-order chi connectivity index (χ1) is 9.61. The summed E-state index contributed by atoms with van der Waals surface area (Å²) >= 11 is 3.00. The Bertz CT molecular complexity index is 672. The van der Waals surface area contributed by atoms with Crippen molar-refractivity contribution in [2.24, 2.45) is 5.73 Å². The second-order valence-electron chi connectivity index (χ2n) is 4.87. The average molecular weight is 328 g/mol. The molecule has 0 amide bonds. The van der Waals surface area contributed by atoms with Crippen LogP contribution >= 0.6 is 22.7 Å². The van der Waals surface area contributed by atoms with E-state index < -0.39 is 10.0 Å². The lowest BCUT2D eigenvalue weighted by Gasteiger charge is -2.20. The lowest BCUT2D eigenvalue weighted by Crippen LogP contribution is -2.32. The zero-order chi connectivity index (χ0) is 14.2. The van der Waals surface area contributed by atoms with E-state index in [1.165, 1.54) is 11.3 Å². The molecule has 0 atom stereocenters. The smallest absolute Gasteiger partial charge is 0.244 e. The standard InChI is InChI=1S/C13H16N2O2S3/c14-6-12-5-13(9-19-12)20(16,17)15(11-1-2-11)7-10-3-4-18-8-10/h3-5,8-9,11H,1-2,6-7,14H2. The second-order valence-corrected chi connectivity index (χ2v) is 8.53. The van der Waals surface area contributed by atoms with E-state index in [0.717, 1.165) is 23.3 Å². The summed E-state index contributed by atoms with van der Waals surface area (Å²) in [5.41, 5.74) is 6.62. The second kappa shape index (κ2) is 5.57. The zero-order valence-corrected chi connectivity index (χ0v) is 13.3. The quantitative estimate of drug-likeness (QED) is 0.886. The maximum atomic E-state index is 12.8. The first-order valence-electron chi connectivity index (χ1n) is 6.41. The molecule has 2 aromatic rings. The Morgan fingerprint density at radius 3 is 2.70 bits per heavy atom. The molecule has 0 aromatic carbocycles. The van der Waals surface area contributed by atoms with Crippen LogP contribution in [-0.4, -0.2) is 18.8 Å². The lowest BCUT2D eigenvalue weighted by molar-refractivity contribution is 0.399. The van der Waals surface area contributed by atoms with E-state index in [1.807, 2.05) is 16.8 Å². The fraction of sp³-hybridized carbons (Fsp3) is 0.385. The normalized spacial score (nSPS) is 15.9. The van der Waals surface area contributed by atoms with E-state index >= 15 is 0 Å². The van der Waals surface area contributed by atoms with E-state index in [1.54, 1.807) is 27.1 Å². The van der Waals surface area contributed by atoms with Crippen LogP contribution in [0.1, 0.15) is 23.3 Å². The zero-order valence-electron chi connectivity index (χ0n) is 10.9. The monoisotopic (exact) mass is 328 g/mol. The molecule has 1 fully saturated rings. The summed E-state index contributed by atoms with van der Waals surface area (Å²) < 4.78 is 27.2. The molecule has 0 bridgehead atoms. The molecule has 0 radical (unpaired) electrons. The van der Waals surface area contributed by atoms with E-state index in [-0.39, 0.29) is 6.04 Å². The Kier molecular flexibility index (Phi) is 3.96. The van der Waals surface area contributed by atoms with Gasteiger partial charge in [0.25, 0.3) is 0 Å². The molecular weight excluding hydrogens is 312 g/mol. The number of hydrogen-bond acceptors (Lipinski definition) is 5. The van der Waals surface area contributed by atoms with Crippen LogP contribution in [0, 0.1) is 0 Å². The van der Waals surface area contributed by atoms with Gasteiger partial charge in [-0.1, -0.05) is 0 Å². The van der Waals surface area contributed by atoms with Crippen molar-refractivity contribution < 1.29 is 8.42 Å². The Hall–Kier alpha value is -0.730. The van der Waals surface area contributed by atoms with Crippen LogP contribution in [0.5, 0.6) is 0 Å². The Morgan fingerprint density at radius 2 is 2.15 bits per heavy atom. The first-order valence-corrected chi connectivity index (χ1v) is 9.68. The average Bonchev–Trinajstić information content (AvgIpc) is 2.96. The molecule has 7 heteroatoms. The van der Waals surface area contributed by atoms with Crippen LogP contribution in [0.2, 0.25) is 0 Å². The van der Waals surface area contributed by atoms with Crippen LogP contribution in [0.4, 0.5) is 0 Å². The van der Waals surface area contributed by atoms with Crippen molar-refractivity contribution in [1.29, 1.82) is 0 Å². The van der Waals surface area contributed by atoms with Crippen molar-refractivity contribution in [2.75, 3.05) is 0 Å². The van der Waals surface area contributed by atoms with Gasteiger partial charge >= 0.3 is 0 Å². The highest BCUT2D eigenvalue weighted by Crippen LogP contribution is 2.34. The third-order valence-corrected chi connectivity index (χ3v) is 7.03.